The van der Waals surface area contributed by atoms with Crippen molar-refractivity contribution in [3.05, 3.63) is 93.0 Å². The van der Waals surface area contributed by atoms with Crippen molar-refractivity contribution in [2.45, 2.75) is 13.5 Å². The number of nitro benzene ring substituents is 1. The molecule has 3 aromatic carbocycles. The summed E-state index contributed by atoms with van der Waals surface area (Å²) in [4.78, 5) is 10.8. The molecule has 0 aliphatic heterocycles. The number of anilines is 1. The van der Waals surface area contributed by atoms with Gasteiger partial charge in [-0.15, -0.1) is 10.2 Å². The largest absolute Gasteiger partial charge is 0.416 e. The van der Waals surface area contributed by atoms with Crippen molar-refractivity contribution in [2.24, 2.45) is 0 Å². The smallest absolute Gasteiger partial charge is 0.274 e. The number of nitrogens with zero attached hydrogens (tertiary/aromatic N) is 3. The number of aromatic nitrogens is 2. The third kappa shape index (κ3) is 3.88. The average molecular weight is 421 g/mol. The van der Waals surface area contributed by atoms with Crippen LogP contribution in [0.1, 0.15) is 11.1 Å². The fourth-order valence-electron chi connectivity index (χ4n) is 3.16. The van der Waals surface area contributed by atoms with Gasteiger partial charge in [0, 0.05) is 29.4 Å². The molecule has 0 bridgehead atoms. The Balaban J connectivity index is 1.61. The van der Waals surface area contributed by atoms with Gasteiger partial charge in [-0.2, -0.15) is 0 Å². The van der Waals surface area contributed by atoms with Gasteiger partial charge in [0.1, 0.15) is 0 Å². The van der Waals surface area contributed by atoms with Gasteiger partial charge in [0.2, 0.25) is 11.8 Å². The van der Waals surface area contributed by atoms with Crippen LogP contribution in [0.4, 0.5) is 11.4 Å². The SMILES string of the molecule is Cc1c(NCc2ccccc2-c2nnc(-c3ccccc3Cl)o2)cccc1[N+](=O)[O-]. The van der Waals surface area contributed by atoms with Gasteiger partial charge in [-0.3, -0.25) is 10.1 Å². The summed E-state index contributed by atoms with van der Waals surface area (Å²) in [5, 5.41) is 23.3. The fourth-order valence-corrected chi connectivity index (χ4v) is 3.38. The second-order valence-corrected chi connectivity index (χ2v) is 7.02. The summed E-state index contributed by atoms with van der Waals surface area (Å²) in [6.07, 6.45) is 0. The molecular weight excluding hydrogens is 404 g/mol. The van der Waals surface area contributed by atoms with Gasteiger partial charge in [-0.05, 0) is 36.8 Å². The summed E-state index contributed by atoms with van der Waals surface area (Å²) < 4.78 is 5.88. The average Bonchev–Trinajstić information content (AvgIpc) is 3.23. The van der Waals surface area contributed by atoms with Gasteiger partial charge >= 0.3 is 0 Å². The molecule has 150 valence electrons. The van der Waals surface area contributed by atoms with Crippen LogP contribution in [0.3, 0.4) is 0 Å². The van der Waals surface area contributed by atoms with Gasteiger partial charge in [-0.25, -0.2) is 0 Å². The Kier molecular flexibility index (Phi) is 5.45. The third-order valence-corrected chi connectivity index (χ3v) is 5.08. The number of hydrogen-bond donors (Lipinski definition) is 1. The molecule has 0 radical (unpaired) electrons. The molecule has 0 fully saturated rings. The maximum absolute atomic E-state index is 11.2. The van der Waals surface area contributed by atoms with E-state index in [-0.39, 0.29) is 10.6 Å². The minimum absolute atomic E-state index is 0.0783. The summed E-state index contributed by atoms with van der Waals surface area (Å²) in [6.45, 7) is 2.16. The van der Waals surface area contributed by atoms with Crippen LogP contribution in [0.2, 0.25) is 5.02 Å². The Morgan fingerprint density at radius 2 is 1.63 bits per heavy atom. The summed E-state index contributed by atoms with van der Waals surface area (Å²) in [6, 6.07) is 19.9. The number of halogens is 1. The van der Waals surface area contributed by atoms with Crippen LogP contribution in [0.25, 0.3) is 22.9 Å². The van der Waals surface area contributed by atoms with E-state index in [0.717, 1.165) is 11.1 Å². The molecular formula is C22H17ClN4O3. The molecule has 0 atom stereocenters. The highest BCUT2D eigenvalue weighted by Gasteiger charge is 2.16. The highest BCUT2D eigenvalue weighted by atomic mass is 35.5. The maximum Gasteiger partial charge on any atom is 0.274 e. The molecule has 0 aliphatic carbocycles. The minimum atomic E-state index is -0.386. The van der Waals surface area contributed by atoms with Gasteiger partial charge in [-0.1, -0.05) is 48.0 Å². The predicted molar refractivity (Wildman–Crippen MR) is 115 cm³/mol. The van der Waals surface area contributed by atoms with E-state index in [1.807, 2.05) is 48.5 Å². The quantitative estimate of drug-likeness (QED) is 0.309. The van der Waals surface area contributed by atoms with E-state index < -0.39 is 0 Å². The molecule has 1 N–H and O–H groups in total. The molecule has 8 heteroatoms. The molecule has 1 heterocycles. The van der Waals surface area contributed by atoms with Crippen molar-refractivity contribution in [1.29, 1.82) is 0 Å². The van der Waals surface area contributed by atoms with Crippen LogP contribution in [0, 0.1) is 17.0 Å². The fraction of sp³-hybridized carbons (Fsp3) is 0.0909. The van der Waals surface area contributed by atoms with Crippen LogP contribution in [-0.2, 0) is 6.54 Å². The predicted octanol–water partition coefficient (Wildman–Crippen LogP) is 5.89. The summed E-state index contributed by atoms with van der Waals surface area (Å²) in [5.74, 6) is 0.714. The highest BCUT2D eigenvalue weighted by Crippen LogP contribution is 2.31. The summed E-state index contributed by atoms with van der Waals surface area (Å²) >= 11 is 6.23. The van der Waals surface area contributed by atoms with E-state index >= 15 is 0 Å². The Morgan fingerprint density at radius 3 is 2.37 bits per heavy atom. The molecule has 0 amide bonds. The van der Waals surface area contributed by atoms with Gasteiger partial charge < -0.3 is 9.73 Å². The number of rotatable bonds is 6. The Bertz CT molecular complexity index is 1220. The van der Waals surface area contributed by atoms with Gasteiger partial charge in [0.25, 0.3) is 5.69 Å². The number of nitrogens with one attached hydrogen (secondary N) is 1. The number of benzene rings is 3. The first kappa shape index (κ1) is 19.6. The van der Waals surface area contributed by atoms with Crippen LogP contribution in [0.5, 0.6) is 0 Å². The molecule has 0 saturated heterocycles. The lowest BCUT2D eigenvalue weighted by atomic mass is 10.1. The molecule has 1 aromatic heterocycles. The van der Waals surface area contributed by atoms with Crippen molar-refractivity contribution in [1.82, 2.24) is 10.2 Å². The minimum Gasteiger partial charge on any atom is -0.416 e. The van der Waals surface area contributed by atoms with E-state index in [1.165, 1.54) is 6.07 Å². The van der Waals surface area contributed by atoms with Crippen LogP contribution < -0.4 is 5.32 Å². The van der Waals surface area contributed by atoms with Gasteiger partial charge in [0.15, 0.2) is 0 Å². The molecule has 0 saturated carbocycles. The standard InChI is InChI=1S/C22H17ClN4O3/c1-14-19(11-6-12-20(14)27(28)29)24-13-15-7-2-3-8-16(15)21-25-26-22(30-21)17-9-4-5-10-18(17)23/h2-12,24H,13H2,1H3. The van der Waals surface area contributed by atoms with Gasteiger partial charge in [0.05, 0.1) is 15.5 Å². The van der Waals surface area contributed by atoms with E-state index in [0.29, 0.717) is 40.2 Å². The van der Waals surface area contributed by atoms with Crippen molar-refractivity contribution in [2.75, 3.05) is 5.32 Å². The molecule has 0 spiro atoms. The first-order chi connectivity index (χ1) is 14.5. The zero-order valence-corrected chi connectivity index (χ0v) is 16.8. The van der Waals surface area contributed by atoms with Crippen molar-refractivity contribution < 1.29 is 9.34 Å². The topological polar surface area (TPSA) is 94.1 Å². The molecule has 4 rings (SSSR count). The van der Waals surface area contributed by atoms with E-state index in [9.17, 15) is 10.1 Å². The number of nitro groups is 1. The Morgan fingerprint density at radius 1 is 0.967 bits per heavy atom. The zero-order valence-electron chi connectivity index (χ0n) is 16.0. The Labute approximate surface area is 177 Å². The molecule has 4 aromatic rings. The number of hydrogen-bond acceptors (Lipinski definition) is 6. The monoisotopic (exact) mass is 420 g/mol. The maximum atomic E-state index is 11.2. The van der Waals surface area contributed by atoms with Crippen LogP contribution >= 0.6 is 11.6 Å². The van der Waals surface area contributed by atoms with E-state index in [2.05, 4.69) is 15.5 Å². The lowest BCUT2D eigenvalue weighted by Gasteiger charge is -2.11. The molecule has 0 aliphatic rings. The van der Waals surface area contributed by atoms with Crippen LogP contribution in [-0.4, -0.2) is 15.1 Å². The third-order valence-electron chi connectivity index (χ3n) is 4.75. The summed E-state index contributed by atoms with van der Waals surface area (Å²) in [5.41, 5.74) is 3.71. The molecule has 7 nitrogen and oxygen atoms in total. The second kappa shape index (κ2) is 8.34. The highest BCUT2D eigenvalue weighted by molar-refractivity contribution is 6.33. The van der Waals surface area contributed by atoms with E-state index in [4.69, 9.17) is 16.0 Å². The lowest BCUT2D eigenvalue weighted by Crippen LogP contribution is -2.04. The Hall–Kier alpha value is -3.71. The summed E-state index contributed by atoms with van der Waals surface area (Å²) in [7, 11) is 0. The lowest BCUT2D eigenvalue weighted by molar-refractivity contribution is -0.385. The first-order valence-electron chi connectivity index (χ1n) is 9.19. The van der Waals surface area contributed by atoms with Crippen molar-refractivity contribution >= 4 is 23.0 Å². The van der Waals surface area contributed by atoms with Crippen molar-refractivity contribution in [3.63, 3.8) is 0 Å². The zero-order chi connectivity index (χ0) is 21.1. The second-order valence-electron chi connectivity index (χ2n) is 6.61. The van der Waals surface area contributed by atoms with Crippen molar-refractivity contribution in [3.8, 4) is 22.9 Å². The molecule has 0 unspecified atom stereocenters. The van der Waals surface area contributed by atoms with Crippen LogP contribution in [0.15, 0.2) is 71.1 Å². The normalized spacial score (nSPS) is 10.7. The van der Waals surface area contributed by atoms with E-state index in [1.54, 1.807) is 19.1 Å². The molecule has 30 heavy (non-hydrogen) atoms. The first-order valence-corrected chi connectivity index (χ1v) is 9.57.